The highest BCUT2D eigenvalue weighted by molar-refractivity contribution is 9.10. The molecule has 23 heavy (non-hydrogen) atoms. The lowest BCUT2D eigenvalue weighted by Crippen LogP contribution is -2.22. The first-order chi connectivity index (χ1) is 10.7. The van der Waals surface area contributed by atoms with Crippen LogP contribution in [0.2, 0.25) is 25.7 Å². The largest absolute Gasteiger partial charge is 0.361 e. The van der Waals surface area contributed by atoms with Crippen molar-refractivity contribution < 1.29 is 4.74 Å². The molecular weight excluding hydrogens is 374 g/mol. The van der Waals surface area contributed by atoms with Gasteiger partial charge in [-0.1, -0.05) is 26.6 Å². The second kappa shape index (κ2) is 6.90. The zero-order valence-electron chi connectivity index (χ0n) is 14.9. The van der Waals surface area contributed by atoms with Crippen LogP contribution < -0.4 is 5.56 Å². The van der Waals surface area contributed by atoms with Crippen molar-refractivity contribution in [3.05, 3.63) is 31.9 Å². The van der Waals surface area contributed by atoms with Crippen LogP contribution >= 0.6 is 15.9 Å². The fraction of sp³-hybridized carbons (Fsp3) is 0.625. The van der Waals surface area contributed by atoms with Crippen molar-refractivity contribution in [1.29, 1.82) is 0 Å². The summed E-state index contributed by atoms with van der Waals surface area (Å²) >= 11 is 3.38. The molecule has 0 atom stereocenters. The lowest BCUT2D eigenvalue weighted by Gasteiger charge is -2.16. The smallest absolute Gasteiger partial charge is 0.273 e. The third kappa shape index (κ3) is 3.77. The molecule has 0 aliphatic heterocycles. The molecule has 2 aromatic rings. The predicted octanol–water partition coefficient (Wildman–Crippen LogP) is 3.75. The standard InChI is InChI=1S/C16H26BrN3O2Si/c1-7-13-14(17)15(21)20-12(3)11(2)19(16(20)18-13)10-22-8-9-23(4,5)6/h7-10H2,1-6H3. The third-order valence-electron chi connectivity index (χ3n) is 4.14. The second-order valence-corrected chi connectivity index (χ2v) is 13.5. The zero-order valence-corrected chi connectivity index (χ0v) is 17.5. The first kappa shape index (κ1) is 18.4. The Bertz CT molecular complexity index is 774. The Morgan fingerprint density at radius 3 is 2.43 bits per heavy atom. The number of ether oxygens (including phenoxy) is 1. The topological polar surface area (TPSA) is 48.5 Å². The summed E-state index contributed by atoms with van der Waals surface area (Å²) < 4.78 is 10.1. The molecule has 2 aromatic heterocycles. The minimum absolute atomic E-state index is 0.0479. The number of aromatic nitrogens is 3. The fourth-order valence-electron chi connectivity index (χ4n) is 2.45. The van der Waals surface area contributed by atoms with E-state index in [1.54, 1.807) is 4.40 Å². The summed E-state index contributed by atoms with van der Waals surface area (Å²) in [6.07, 6.45) is 0.714. The fourth-order valence-corrected chi connectivity index (χ4v) is 3.75. The van der Waals surface area contributed by atoms with Crippen molar-refractivity contribution in [3.63, 3.8) is 0 Å². The van der Waals surface area contributed by atoms with Gasteiger partial charge < -0.3 is 4.74 Å². The molecule has 0 saturated carbocycles. The summed E-state index contributed by atoms with van der Waals surface area (Å²) in [5.41, 5.74) is 2.67. The molecule has 0 N–H and O–H groups in total. The van der Waals surface area contributed by atoms with Crippen LogP contribution in [-0.4, -0.2) is 28.6 Å². The van der Waals surface area contributed by atoms with Crippen molar-refractivity contribution in [1.82, 2.24) is 14.0 Å². The van der Waals surface area contributed by atoms with Gasteiger partial charge in [-0.2, -0.15) is 0 Å². The Morgan fingerprint density at radius 2 is 1.87 bits per heavy atom. The van der Waals surface area contributed by atoms with Crippen LogP contribution in [0.3, 0.4) is 0 Å². The summed E-state index contributed by atoms with van der Waals surface area (Å²) in [5, 5.41) is 0. The average molecular weight is 400 g/mol. The molecular formula is C16H26BrN3O2Si. The van der Waals surface area contributed by atoms with Crippen LogP contribution in [0.15, 0.2) is 9.27 Å². The van der Waals surface area contributed by atoms with Gasteiger partial charge in [-0.05, 0) is 42.2 Å². The van der Waals surface area contributed by atoms with Gasteiger partial charge in [0.25, 0.3) is 5.56 Å². The molecule has 0 aliphatic carbocycles. The van der Waals surface area contributed by atoms with E-state index in [0.717, 1.165) is 29.7 Å². The van der Waals surface area contributed by atoms with Gasteiger partial charge in [0.05, 0.1) is 5.69 Å². The Hall–Kier alpha value is -0.923. The van der Waals surface area contributed by atoms with Crippen LogP contribution in [0, 0.1) is 13.8 Å². The first-order valence-corrected chi connectivity index (χ1v) is 12.5. The molecule has 0 aromatic carbocycles. The van der Waals surface area contributed by atoms with Crippen LogP contribution in [0.25, 0.3) is 5.78 Å². The van der Waals surface area contributed by atoms with E-state index in [4.69, 9.17) is 4.74 Å². The van der Waals surface area contributed by atoms with Gasteiger partial charge in [0.2, 0.25) is 5.78 Å². The summed E-state index contributed by atoms with van der Waals surface area (Å²) in [6.45, 7) is 14.1. The zero-order chi connectivity index (χ0) is 17.4. The highest BCUT2D eigenvalue weighted by Crippen LogP contribution is 2.18. The number of fused-ring (bicyclic) bond motifs is 1. The van der Waals surface area contributed by atoms with Crippen molar-refractivity contribution >= 4 is 29.8 Å². The molecule has 0 bridgehead atoms. The van der Waals surface area contributed by atoms with Gasteiger partial charge >= 0.3 is 0 Å². The van der Waals surface area contributed by atoms with Crippen molar-refractivity contribution in [2.75, 3.05) is 6.61 Å². The van der Waals surface area contributed by atoms with Gasteiger partial charge in [-0.15, -0.1) is 0 Å². The third-order valence-corrected chi connectivity index (χ3v) is 6.64. The molecule has 7 heteroatoms. The number of rotatable bonds is 6. The normalized spacial score (nSPS) is 12.3. The van der Waals surface area contributed by atoms with Crippen LogP contribution in [0.5, 0.6) is 0 Å². The van der Waals surface area contributed by atoms with Crippen molar-refractivity contribution in [3.8, 4) is 0 Å². The lowest BCUT2D eigenvalue weighted by molar-refractivity contribution is 0.0882. The summed E-state index contributed by atoms with van der Waals surface area (Å²) in [4.78, 5) is 17.3. The minimum Gasteiger partial charge on any atom is -0.361 e. The monoisotopic (exact) mass is 399 g/mol. The summed E-state index contributed by atoms with van der Waals surface area (Å²) in [6, 6.07) is 1.13. The first-order valence-electron chi connectivity index (χ1n) is 8.02. The molecule has 0 amide bonds. The maximum atomic E-state index is 12.6. The van der Waals surface area contributed by atoms with Gasteiger partial charge in [0, 0.05) is 26.1 Å². The van der Waals surface area contributed by atoms with E-state index in [9.17, 15) is 4.79 Å². The SMILES string of the molecule is CCc1nc2n(COCC[Si](C)(C)C)c(C)c(C)n2c(=O)c1Br. The van der Waals surface area contributed by atoms with Gasteiger partial charge in [0.1, 0.15) is 11.2 Å². The quantitative estimate of drug-likeness (QED) is 0.548. The van der Waals surface area contributed by atoms with Crippen LogP contribution in [0.1, 0.15) is 24.0 Å². The maximum absolute atomic E-state index is 12.6. The van der Waals surface area contributed by atoms with E-state index in [-0.39, 0.29) is 5.56 Å². The molecule has 0 fully saturated rings. The Morgan fingerprint density at radius 1 is 1.22 bits per heavy atom. The minimum atomic E-state index is -1.10. The number of hydrogen-bond donors (Lipinski definition) is 0. The van der Waals surface area contributed by atoms with E-state index in [2.05, 4.69) is 40.6 Å². The number of halogens is 1. The highest BCUT2D eigenvalue weighted by atomic mass is 79.9. The molecule has 128 valence electrons. The molecule has 0 aliphatic rings. The Kier molecular flexibility index (Phi) is 5.53. The van der Waals surface area contributed by atoms with E-state index in [1.165, 1.54) is 0 Å². The molecule has 2 heterocycles. The van der Waals surface area contributed by atoms with Crippen LogP contribution in [-0.2, 0) is 17.9 Å². The predicted molar refractivity (Wildman–Crippen MR) is 100 cm³/mol. The average Bonchev–Trinajstić information content (AvgIpc) is 2.70. The lowest BCUT2D eigenvalue weighted by atomic mass is 10.3. The van der Waals surface area contributed by atoms with Gasteiger partial charge in [-0.3, -0.25) is 9.36 Å². The van der Waals surface area contributed by atoms with E-state index >= 15 is 0 Å². The van der Waals surface area contributed by atoms with Crippen molar-refractivity contribution in [2.45, 2.75) is 59.6 Å². The molecule has 0 radical (unpaired) electrons. The molecule has 0 saturated heterocycles. The number of hydrogen-bond acceptors (Lipinski definition) is 3. The highest BCUT2D eigenvalue weighted by Gasteiger charge is 2.18. The van der Waals surface area contributed by atoms with Gasteiger partial charge in [-0.25, -0.2) is 9.38 Å². The number of imidazole rings is 1. The Balaban J connectivity index is 2.38. The second-order valence-electron chi connectivity index (χ2n) is 7.11. The number of aryl methyl sites for hydroxylation is 2. The Labute approximate surface area is 146 Å². The molecule has 2 rings (SSSR count). The maximum Gasteiger partial charge on any atom is 0.273 e. The molecule has 5 nitrogen and oxygen atoms in total. The summed E-state index contributed by atoms with van der Waals surface area (Å²) in [5.74, 6) is 0.665. The molecule has 0 unspecified atom stereocenters. The van der Waals surface area contributed by atoms with Gasteiger partial charge in [0.15, 0.2) is 0 Å². The van der Waals surface area contributed by atoms with Crippen molar-refractivity contribution in [2.24, 2.45) is 0 Å². The summed E-state index contributed by atoms with van der Waals surface area (Å²) in [7, 11) is -1.10. The van der Waals surface area contributed by atoms with E-state index in [0.29, 0.717) is 23.4 Å². The van der Waals surface area contributed by atoms with E-state index in [1.807, 2.05) is 25.3 Å². The molecule has 0 spiro atoms. The van der Waals surface area contributed by atoms with Crippen LogP contribution in [0.4, 0.5) is 0 Å². The number of nitrogens with zero attached hydrogens (tertiary/aromatic N) is 3. The van der Waals surface area contributed by atoms with E-state index < -0.39 is 8.07 Å².